The summed E-state index contributed by atoms with van der Waals surface area (Å²) in [6, 6.07) is 15.3. The molecule has 2 N–H and O–H groups in total. The van der Waals surface area contributed by atoms with Crippen LogP contribution in [0.15, 0.2) is 58.2 Å². The zero-order valence-corrected chi connectivity index (χ0v) is 18.6. The van der Waals surface area contributed by atoms with Gasteiger partial charge in [0, 0.05) is 42.2 Å². The maximum Gasteiger partial charge on any atom is 0.414 e. The molecule has 2 atom stereocenters. The van der Waals surface area contributed by atoms with E-state index in [9.17, 15) is 14.4 Å². The molecule has 2 amide bonds. The zero-order valence-electron chi connectivity index (χ0n) is 17.7. The van der Waals surface area contributed by atoms with Crippen LogP contribution in [0.2, 0.25) is 0 Å². The van der Waals surface area contributed by atoms with Gasteiger partial charge in [0.1, 0.15) is 6.10 Å². The predicted octanol–water partition coefficient (Wildman–Crippen LogP) is 2.76. The van der Waals surface area contributed by atoms with Crippen molar-refractivity contribution in [1.82, 2.24) is 9.88 Å². The molecule has 8 nitrogen and oxygen atoms in total. The van der Waals surface area contributed by atoms with Gasteiger partial charge in [0.25, 0.3) is 5.56 Å². The fourth-order valence-corrected chi connectivity index (χ4v) is 5.68. The number of hydrogen-bond donors (Lipinski definition) is 2. The molecule has 0 unspecified atom stereocenters. The second-order valence-corrected chi connectivity index (χ2v) is 9.57. The molecule has 0 saturated carbocycles. The summed E-state index contributed by atoms with van der Waals surface area (Å²) in [6.45, 7) is 2.30. The first-order valence-electron chi connectivity index (χ1n) is 10.9. The molecule has 6 rings (SSSR count). The van der Waals surface area contributed by atoms with Gasteiger partial charge in [0.2, 0.25) is 5.91 Å². The van der Waals surface area contributed by atoms with Gasteiger partial charge in [-0.25, -0.2) is 4.79 Å². The van der Waals surface area contributed by atoms with E-state index in [4.69, 9.17) is 4.74 Å². The van der Waals surface area contributed by atoms with Gasteiger partial charge in [-0.1, -0.05) is 18.2 Å². The van der Waals surface area contributed by atoms with Gasteiger partial charge in [0.05, 0.1) is 23.5 Å². The number of thioether (sulfide) groups is 1. The molecular weight excluding hydrogens is 440 g/mol. The fraction of sp³-hybridized carbons (Fsp3) is 0.292. The van der Waals surface area contributed by atoms with Crippen LogP contribution in [0.1, 0.15) is 11.5 Å². The van der Waals surface area contributed by atoms with Crippen molar-refractivity contribution < 1.29 is 14.3 Å². The monoisotopic (exact) mass is 462 g/mol. The average Bonchev–Trinajstić information content (AvgIpc) is 3.38. The maximum atomic E-state index is 12.5. The maximum absolute atomic E-state index is 12.5. The minimum atomic E-state index is -0.388. The number of hydrogen-bond acceptors (Lipinski definition) is 6. The third-order valence-electron chi connectivity index (χ3n) is 6.43. The highest BCUT2D eigenvalue weighted by atomic mass is 32.2. The van der Waals surface area contributed by atoms with E-state index in [0.717, 1.165) is 21.5 Å². The molecule has 3 aliphatic rings. The summed E-state index contributed by atoms with van der Waals surface area (Å²) in [4.78, 5) is 39.1. The van der Waals surface area contributed by atoms with Crippen LogP contribution in [0.25, 0.3) is 10.9 Å². The Morgan fingerprint density at radius 2 is 1.97 bits per heavy atom. The number of aromatic nitrogens is 1. The lowest BCUT2D eigenvalue weighted by atomic mass is 10.00. The zero-order chi connectivity index (χ0) is 22.5. The van der Waals surface area contributed by atoms with Gasteiger partial charge < -0.3 is 19.9 Å². The smallest absolute Gasteiger partial charge is 0.414 e. The molecule has 3 aliphatic heterocycles. The Morgan fingerprint density at radius 1 is 1.06 bits per heavy atom. The van der Waals surface area contributed by atoms with Crippen molar-refractivity contribution in [3.63, 3.8) is 0 Å². The molecule has 168 valence electrons. The lowest BCUT2D eigenvalue weighted by Crippen LogP contribution is -2.33. The number of cyclic esters (lactones) is 1. The van der Waals surface area contributed by atoms with E-state index in [2.05, 4.69) is 16.7 Å². The molecule has 0 aliphatic carbocycles. The summed E-state index contributed by atoms with van der Waals surface area (Å²) in [5.74, 6) is 0.558. The number of anilines is 2. The Morgan fingerprint density at radius 3 is 2.88 bits per heavy atom. The van der Waals surface area contributed by atoms with Crippen LogP contribution in [-0.2, 0) is 16.1 Å². The molecular formula is C24H22N4O4S. The summed E-state index contributed by atoms with van der Waals surface area (Å²) >= 11 is 1.49. The average molecular weight is 463 g/mol. The number of carbonyl (C=O) groups is 2. The summed E-state index contributed by atoms with van der Waals surface area (Å²) in [5, 5.41) is 7.37. The SMILES string of the molecule is O=C1CSc2ccc(N3C[C@H](CNC[C@H]4Cn5c(=O)ccc6cccc4c65)OC3=O)cc2N1. The van der Waals surface area contributed by atoms with Crippen molar-refractivity contribution in [3.8, 4) is 0 Å². The van der Waals surface area contributed by atoms with Crippen molar-refractivity contribution in [3.05, 3.63) is 64.4 Å². The van der Waals surface area contributed by atoms with Gasteiger partial charge in [0.15, 0.2) is 0 Å². The molecule has 33 heavy (non-hydrogen) atoms. The lowest BCUT2D eigenvalue weighted by molar-refractivity contribution is -0.113. The molecule has 0 spiro atoms. The minimum Gasteiger partial charge on any atom is -0.443 e. The summed E-state index contributed by atoms with van der Waals surface area (Å²) < 4.78 is 7.42. The number of ether oxygens (including phenoxy) is 1. The topological polar surface area (TPSA) is 92.7 Å². The van der Waals surface area contributed by atoms with Crippen LogP contribution < -0.4 is 21.1 Å². The van der Waals surface area contributed by atoms with E-state index in [0.29, 0.717) is 37.6 Å². The van der Waals surface area contributed by atoms with Crippen molar-refractivity contribution in [1.29, 1.82) is 0 Å². The van der Waals surface area contributed by atoms with Crippen molar-refractivity contribution in [2.45, 2.75) is 23.5 Å². The molecule has 4 heterocycles. The number of amides is 2. The molecule has 9 heteroatoms. The number of fused-ring (bicyclic) bond motifs is 1. The van der Waals surface area contributed by atoms with Gasteiger partial charge in [-0.15, -0.1) is 11.8 Å². The number of para-hydroxylation sites is 1. The summed E-state index contributed by atoms with van der Waals surface area (Å²) in [5.41, 5.74) is 3.66. The van der Waals surface area contributed by atoms with Crippen LogP contribution in [-0.4, -0.2) is 48.1 Å². The first kappa shape index (κ1) is 20.3. The van der Waals surface area contributed by atoms with E-state index in [1.165, 1.54) is 17.3 Å². The number of pyridine rings is 1. The van der Waals surface area contributed by atoms with Crippen LogP contribution >= 0.6 is 11.8 Å². The van der Waals surface area contributed by atoms with E-state index < -0.39 is 0 Å². The highest BCUT2D eigenvalue weighted by Crippen LogP contribution is 2.36. The molecule has 1 fully saturated rings. The first-order chi connectivity index (χ1) is 16.1. The largest absolute Gasteiger partial charge is 0.443 e. The van der Waals surface area contributed by atoms with Crippen LogP contribution in [0, 0.1) is 0 Å². The van der Waals surface area contributed by atoms with Crippen LogP contribution in [0.4, 0.5) is 16.2 Å². The van der Waals surface area contributed by atoms with E-state index in [-0.39, 0.29) is 29.6 Å². The predicted molar refractivity (Wildman–Crippen MR) is 127 cm³/mol. The standard InChI is InChI=1S/C24H22N4O4S/c29-21-13-33-20-6-5-16(8-19(20)26-21)27-12-17(32-24(27)31)10-25-9-15-11-28-22(30)7-4-14-2-1-3-18(15)23(14)28/h1-8,15,17,25H,9-13H2,(H,26,29)/t15-,17-/m0/s1. The Bertz CT molecular complexity index is 1350. The van der Waals surface area contributed by atoms with E-state index >= 15 is 0 Å². The van der Waals surface area contributed by atoms with Gasteiger partial charge in [-0.2, -0.15) is 0 Å². The fourth-order valence-electron chi connectivity index (χ4n) is 4.89. The number of nitrogens with zero attached hydrogens (tertiary/aromatic N) is 2. The Labute approximate surface area is 193 Å². The van der Waals surface area contributed by atoms with E-state index in [1.54, 1.807) is 11.0 Å². The van der Waals surface area contributed by atoms with Crippen molar-refractivity contribution in [2.75, 3.05) is 35.6 Å². The third-order valence-corrected chi connectivity index (χ3v) is 7.50. The number of carbonyl (C=O) groups excluding carboxylic acids is 2. The number of rotatable bonds is 5. The second kappa shape index (κ2) is 7.93. The molecule has 2 aromatic carbocycles. The molecule has 3 aromatic rings. The number of benzene rings is 2. The molecule has 1 aromatic heterocycles. The van der Waals surface area contributed by atoms with Gasteiger partial charge >= 0.3 is 6.09 Å². The molecule has 1 saturated heterocycles. The van der Waals surface area contributed by atoms with E-state index in [1.807, 2.05) is 41.0 Å². The quantitative estimate of drug-likeness (QED) is 0.606. The van der Waals surface area contributed by atoms with Crippen LogP contribution in [0.5, 0.6) is 0 Å². The Hall–Kier alpha value is -3.30. The summed E-state index contributed by atoms with van der Waals surface area (Å²) in [7, 11) is 0. The highest BCUT2D eigenvalue weighted by Gasteiger charge is 2.33. The van der Waals surface area contributed by atoms with Gasteiger partial charge in [-0.3, -0.25) is 14.5 Å². The highest BCUT2D eigenvalue weighted by molar-refractivity contribution is 8.00. The first-order valence-corrected chi connectivity index (χ1v) is 11.9. The van der Waals surface area contributed by atoms with Crippen molar-refractivity contribution >= 4 is 46.0 Å². The molecule has 0 bridgehead atoms. The summed E-state index contributed by atoms with van der Waals surface area (Å²) in [6.07, 6.45) is -0.666. The Balaban J connectivity index is 1.10. The Kier molecular flexibility index (Phi) is 4.88. The second-order valence-electron chi connectivity index (χ2n) is 8.56. The normalized spacial score (nSPS) is 21.3. The molecule has 0 radical (unpaired) electrons. The number of nitrogens with one attached hydrogen (secondary N) is 2. The lowest BCUT2D eigenvalue weighted by Gasteiger charge is -2.20. The van der Waals surface area contributed by atoms with Crippen LogP contribution in [0.3, 0.4) is 0 Å². The third kappa shape index (κ3) is 3.57. The van der Waals surface area contributed by atoms with Crippen molar-refractivity contribution in [2.24, 2.45) is 0 Å². The van der Waals surface area contributed by atoms with Gasteiger partial charge in [-0.05, 0) is 35.2 Å². The minimum absolute atomic E-state index is 0.0254.